The van der Waals surface area contributed by atoms with Crippen LogP contribution in [0.4, 0.5) is 19.1 Å². The van der Waals surface area contributed by atoms with Crippen molar-refractivity contribution in [2.75, 3.05) is 25.6 Å². The number of anilines is 1. The van der Waals surface area contributed by atoms with E-state index in [1.165, 1.54) is 0 Å². The quantitative estimate of drug-likeness (QED) is 0.898. The lowest BCUT2D eigenvalue weighted by molar-refractivity contribution is -0.142. The molecule has 138 valence electrons. The Morgan fingerprint density at radius 3 is 2.80 bits per heavy atom. The Kier molecular flexibility index (Phi) is 4.35. The minimum absolute atomic E-state index is 0.00447. The fourth-order valence-electron chi connectivity index (χ4n) is 4.48. The average Bonchev–Trinajstić information content (AvgIpc) is 3.00. The highest BCUT2D eigenvalue weighted by Gasteiger charge is 2.54. The molecule has 1 saturated carbocycles. The Labute approximate surface area is 144 Å². The van der Waals surface area contributed by atoms with E-state index in [9.17, 15) is 13.2 Å². The van der Waals surface area contributed by atoms with Gasteiger partial charge < -0.3 is 14.8 Å². The topological polar surface area (TPSA) is 56.3 Å². The predicted molar refractivity (Wildman–Crippen MR) is 84.3 cm³/mol. The number of fused-ring (bicyclic) bond motifs is 2. The van der Waals surface area contributed by atoms with Crippen LogP contribution < -0.4 is 5.32 Å². The highest BCUT2D eigenvalue weighted by molar-refractivity contribution is 5.39. The van der Waals surface area contributed by atoms with Crippen LogP contribution in [0, 0.1) is 11.8 Å². The van der Waals surface area contributed by atoms with Crippen LogP contribution in [0.5, 0.6) is 0 Å². The van der Waals surface area contributed by atoms with Crippen LogP contribution in [-0.2, 0) is 28.5 Å². The summed E-state index contributed by atoms with van der Waals surface area (Å²) < 4.78 is 51.3. The van der Waals surface area contributed by atoms with Crippen molar-refractivity contribution in [3.8, 4) is 0 Å². The van der Waals surface area contributed by atoms with Gasteiger partial charge >= 0.3 is 6.18 Å². The third-order valence-corrected chi connectivity index (χ3v) is 5.63. The van der Waals surface area contributed by atoms with Crippen molar-refractivity contribution < 1.29 is 22.6 Å². The lowest BCUT2D eigenvalue weighted by atomic mass is 9.67. The lowest BCUT2D eigenvalue weighted by Crippen LogP contribution is -2.59. The first kappa shape index (κ1) is 17.0. The Bertz CT molecular complexity index is 653. The number of rotatable bonds is 4. The molecule has 1 N–H and O–H groups in total. The van der Waals surface area contributed by atoms with E-state index < -0.39 is 11.9 Å². The van der Waals surface area contributed by atoms with Gasteiger partial charge in [0.1, 0.15) is 0 Å². The van der Waals surface area contributed by atoms with E-state index in [1.54, 1.807) is 7.11 Å². The second-order valence-electron chi connectivity index (χ2n) is 7.10. The molecule has 2 fully saturated rings. The van der Waals surface area contributed by atoms with Crippen molar-refractivity contribution in [1.29, 1.82) is 0 Å². The molecule has 1 aromatic rings. The number of methoxy groups -OCH3 is 1. The molecule has 3 aliphatic rings. The number of alkyl halides is 3. The molecule has 5 nitrogen and oxygen atoms in total. The van der Waals surface area contributed by atoms with E-state index in [2.05, 4.69) is 15.3 Å². The molecule has 0 bridgehead atoms. The molecule has 0 aromatic carbocycles. The molecule has 25 heavy (non-hydrogen) atoms. The molecule has 2 aliphatic carbocycles. The van der Waals surface area contributed by atoms with Gasteiger partial charge in [-0.05, 0) is 32.1 Å². The zero-order valence-corrected chi connectivity index (χ0v) is 14.1. The number of aryl methyl sites for hydroxylation is 1. The van der Waals surface area contributed by atoms with Gasteiger partial charge in [-0.15, -0.1) is 0 Å². The van der Waals surface area contributed by atoms with Crippen molar-refractivity contribution >= 4 is 5.95 Å². The highest BCUT2D eigenvalue weighted by Crippen LogP contribution is 2.45. The van der Waals surface area contributed by atoms with Gasteiger partial charge in [0.2, 0.25) is 5.95 Å². The van der Waals surface area contributed by atoms with Crippen LogP contribution >= 0.6 is 0 Å². The highest BCUT2D eigenvalue weighted by atomic mass is 19.4. The second kappa shape index (κ2) is 6.39. The molecule has 2 heterocycles. The van der Waals surface area contributed by atoms with Gasteiger partial charge in [0.25, 0.3) is 0 Å². The SMILES string of the molecule is COC[C@@H]1[C@@H](Nc2nc3c(c(C(F)(F)F)n2)CCCC3)[C@@H]2CCO[C@H]12. The van der Waals surface area contributed by atoms with Crippen LogP contribution in [0.15, 0.2) is 0 Å². The molecule has 0 spiro atoms. The van der Waals surface area contributed by atoms with Crippen molar-refractivity contribution in [3.05, 3.63) is 17.0 Å². The van der Waals surface area contributed by atoms with Crippen LogP contribution in [0.3, 0.4) is 0 Å². The average molecular weight is 357 g/mol. The van der Waals surface area contributed by atoms with E-state index in [-0.39, 0.29) is 35.5 Å². The Morgan fingerprint density at radius 2 is 2.04 bits per heavy atom. The van der Waals surface area contributed by atoms with E-state index in [0.29, 0.717) is 31.7 Å². The van der Waals surface area contributed by atoms with Crippen LogP contribution in [-0.4, -0.2) is 42.4 Å². The standard InChI is InChI=1S/C17H22F3N3O2/c1-24-8-11-13(10-6-7-25-14(10)11)22-16-21-12-5-3-2-4-9(12)15(23-16)17(18,19)20/h10-11,13-14H,2-8H2,1H3,(H,21,22,23)/t10-,11+,13-,14-/m0/s1. The molecule has 0 amide bonds. The summed E-state index contributed by atoms with van der Waals surface area (Å²) in [6.45, 7) is 1.20. The number of nitrogens with one attached hydrogen (secondary N) is 1. The molecule has 1 saturated heterocycles. The van der Waals surface area contributed by atoms with Crippen molar-refractivity contribution in [2.24, 2.45) is 11.8 Å². The summed E-state index contributed by atoms with van der Waals surface area (Å²) in [6.07, 6.45) is -0.821. The van der Waals surface area contributed by atoms with Gasteiger partial charge in [0.15, 0.2) is 5.69 Å². The molecule has 0 radical (unpaired) electrons. The molecular weight excluding hydrogens is 335 g/mol. The summed E-state index contributed by atoms with van der Waals surface area (Å²) in [4.78, 5) is 8.27. The monoisotopic (exact) mass is 357 g/mol. The van der Waals surface area contributed by atoms with Gasteiger partial charge in [0, 0.05) is 42.9 Å². The number of ether oxygens (including phenoxy) is 2. The first-order chi connectivity index (χ1) is 12.0. The fraction of sp³-hybridized carbons (Fsp3) is 0.765. The predicted octanol–water partition coefficient (Wildman–Crippen LogP) is 2.84. The van der Waals surface area contributed by atoms with Crippen molar-refractivity contribution in [2.45, 2.75) is 50.4 Å². The van der Waals surface area contributed by atoms with E-state index in [4.69, 9.17) is 9.47 Å². The Hall–Kier alpha value is -1.41. The minimum atomic E-state index is -4.45. The molecule has 1 aliphatic heterocycles. The third-order valence-electron chi connectivity index (χ3n) is 5.63. The van der Waals surface area contributed by atoms with Gasteiger partial charge in [-0.25, -0.2) is 9.97 Å². The second-order valence-corrected chi connectivity index (χ2v) is 7.10. The fourth-order valence-corrected chi connectivity index (χ4v) is 4.48. The first-order valence-corrected chi connectivity index (χ1v) is 8.83. The van der Waals surface area contributed by atoms with Gasteiger partial charge in [-0.3, -0.25) is 0 Å². The zero-order valence-electron chi connectivity index (χ0n) is 14.1. The van der Waals surface area contributed by atoms with E-state index in [1.807, 2.05) is 0 Å². The van der Waals surface area contributed by atoms with Gasteiger partial charge in [-0.2, -0.15) is 13.2 Å². The summed E-state index contributed by atoms with van der Waals surface area (Å²) in [5, 5.41) is 3.17. The molecule has 1 aromatic heterocycles. The maximum atomic E-state index is 13.4. The summed E-state index contributed by atoms with van der Waals surface area (Å²) in [7, 11) is 1.62. The van der Waals surface area contributed by atoms with Gasteiger partial charge in [-0.1, -0.05) is 0 Å². The molecule has 8 heteroatoms. The number of hydrogen-bond donors (Lipinski definition) is 1. The first-order valence-electron chi connectivity index (χ1n) is 8.83. The molecule has 4 rings (SSSR count). The number of aromatic nitrogens is 2. The van der Waals surface area contributed by atoms with Crippen molar-refractivity contribution in [1.82, 2.24) is 9.97 Å². The summed E-state index contributed by atoms with van der Waals surface area (Å²) in [5.41, 5.74) is 0.0351. The number of halogens is 3. The normalized spacial score (nSPS) is 31.2. The molecule has 0 unspecified atom stereocenters. The minimum Gasteiger partial charge on any atom is -0.384 e. The molecular formula is C17H22F3N3O2. The Morgan fingerprint density at radius 1 is 1.24 bits per heavy atom. The number of nitrogens with zero attached hydrogens (tertiary/aromatic N) is 2. The summed E-state index contributed by atoms with van der Waals surface area (Å²) >= 11 is 0. The van der Waals surface area contributed by atoms with Crippen LogP contribution in [0.1, 0.15) is 36.2 Å². The smallest absolute Gasteiger partial charge is 0.384 e. The lowest BCUT2D eigenvalue weighted by Gasteiger charge is -2.47. The zero-order chi connectivity index (χ0) is 17.6. The van der Waals surface area contributed by atoms with Crippen LogP contribution in [0.2, 0.25) is 0 Å². The van der Waals surface area contributed by atoms with Crippen LogP contribution in [0.25, 0.3) is 0 Å². The van der Waals surface area contributed by atoms with Gasteiger partial charge in [0.05, 0.1) is 12.7 Å². The summed E-state index contributed by atoms with van der Waals surface area (Å²) in [5.74, 6) is 0.491. The number of hydrogen-bond acceptors (Lipinski definition) is 5. The summed E-state index contributed by atoms with van der Waals surface area (Å²) in [6, 6.07) is -0.00447. The van der Waals surface area contributed by atoms with Crippen molar-refractivity contribution in [3.63, 3.8) is 0 Å². The van der Waals surface area contributed by atoms with E-state index in [0.717, 1.165) is 19.3 Å². The van der Waals surface area contributed by atoms with E-state index >= 15 is 0 Å². The Balaban J connectivity index is 1.62. The maximum absolute atomic E-state index is 13.4. The maximum Gasteiger partial charge on any atom is 0.433 e. The largest absolute Gasteiger partial charge is 0.433 e. The molecule has 4 atom stereocenters. The third kappa shape index (κ3) is 2.99.